The molecule has 0 saturated heterocycles. The molecule has 1 amide bonds. The van der Waals surface area contributed by atoms with Crippen LogP contribution in [-0.4, -0.2) is 22.0 Å². The van der Waals surface area contributed by atoms with Crippen molar-refractivity contribution in [3.63, 3.8) is 0 Å². The lowest BCUT2D eigenvalue weighted by Gasteiger charge is -1.92. The van der Waals surface area contributed by atoms with Gasteiger partial charge < -0.3 is 5.32 Å². The Hall–Kier alpha value is -1.48. The molecule has 0 aliphatic rings. The van der Waals surface area contributed by atoms with Gasteiger partial charge >= 0.3 is 0 Å². The molecule has 1 aromatic rings. The average molecular weight is 168 g/mol. The zero-order valence-corrected chi connectivity index (χ0v) is 6.26. The lowest BCUT2D eigenvalue weighted by atomic mass is 10.4. The second kappa shape index (κ2) is 3.63. The number of nitriles is 1. The van der Waals surface area contributed by atoms with E-state index in [1.165, 1.54) is 5.38 Å². The number of carbonyl (C=O) groups excluding carboxylic acids is 1. The second-order valence-corrected chi connectivity index (χ2v) is 2.24. The van der Waals surface area contributed by atoms with Crippen LogP contribution in [0.25, 0.3) is 0 Å². The van der Waals surface area contributed by atoms with Crippen LogP contribution in [0.15, 0.2) is 5.38 Å². The molecule has 0 fully saturated rings. The maximum absolute atomic E-state index is 10.9. The van der Waals surface area contributed by atoms with Crippen LogP contribution >= 0.6 is 11.5 Å². The topological polar surface area (TPSA) is 78.7 Å². The van der Waals surface area contributed by atoms with Gasteiger partial charge in [0, 0.05) is 5.38 Å². The van der Waals surface area contributed by atoms with Crippen molar-refractivity contribution in [2.24, 2.45) is 0 Å². The molecule has 5 nitrogen and oxygen atoms in total. The minimum atomic E-state index is -0.361. The summed E-state index contributed by atoms with van der Waals surface area (Å²) in [7, 11) is 0. The SMILES string of the molecule is N#CCNC(=O)c1csnn1. The normalized spacial score (nSPS) is 8.64. The molecular weight excluding hydrogens is 164 g/mol. The van der Waals surface area contributed by atoms with Gasteiger partial charge in [0.15, 0.2) is 5.69 Å². The van der Waals surface area contributed by atoms with Gasteiger partial charge in [-0.05, 0) is 11.5 Å². The van der Waals surface area contributed by atoms with Gasteiger partial charge in [-0.25, -0.2) is 0 Å². The smallest absolute Gasteiger partial charge is 0.273 e. The van der Waals surface area contributed by atoms with Gasteiger partial charge in [-0.2, -0.15) is 5.26 Å². The Morgan fingerprint density at radius 3 is 3.27 bits per heavy atom. The molecule has 0 aromatic carbocycles. The molecule has 1 rings (SSSR count). The first-order chi connectivity index (χ1) is 5.34. The lowest BCUT2D eigenvalue weighted by molar-refractivity contribution is 0.0953. The highest BCUT2D eigenvalue weighted by molar-refractivity contribution is 7.03. The standard InChI is InChI=1S/C5H4N4OS/c6-1-2-7-5(10)4-3-11-9-8-4/h3H,2H2,(H,7,10). The molecule has 1 aromatic heterocycles. The van der Waals surface area contributed by atoms with Crippen LogP contribution in [0.5, 0.6) is 0 Å². The summed E-state index contributed by atoms with van der Waals surface area (Å²) < 4.78 is 3.50. The number of amides is 1. The fourth-order valence-corrected chi connectivity index (χ4v) is 0.910. The van der Waals surface area contributed by atoms with E-state index in [4.69, 9.17) is 5.26 Å². The van der Waals surface area contributed by atoms with E-state index in [9.17, 15) is 4.79 Å². The van der Waals surface area contributed by atoms with E-state index in [0.717, 1.165) is 11.5 Å². The Bertz CT molecular complexity index is 275. The van der Waals surface area contributed by atoms with Crippen LogP contribution in [0.3, 0.4) is 0 Å². The summed E-state index contributed by atoms with van der Waals surface area (Å²) in [6.45, 7) is -0.00361. The molecule has 11 heavy (non-hydrogen) atoms. The maximum Gasteiger partial charge on any atom is 0.273 e. The highest BCUT2D eigenvalue weighted by atomic mass is 32.1. The predicted octanol–water partition coefficient (Wildman–Crippen LogP) is -0.209. The third kappa shape index (κ3) is 1.98. The minimum Gasteiger partial charge on any atom is -0.338 e. The Morgan fingerprint density at radius 1 is 1.91 bits per heavy atom. The first kappa shape index (κ1) is 7.63. The van der Waals surface area contributed by atoms with Gasteiger partial charge in [-0.1, -0.05) is 4.49 Å². The van der Waals surface area contributed by atoms with Crippen molar-refractivity contribution in [2.75, 3.05) is 6.54 Å². The first-order valence-corrected chi connectivity index (χ1v) is 3.60. The van der Waals surface area contributed by atoms with E-state index >= 15 is 0 Å². The summed E-state index contributed by atoms with van der Waals surface area (Å²) in [6, 6.07) is 1.78. The summed E-state index contributed by atoms with van der Waals surface area (Å²) in [4.78, 5) is 10.9. The van der Waals surface area contributed by atoms with Crippen LogP contribution in [-0.2, 0) is 0 Å². The van der Waals surface area contributed by atoms with Gasteiger partial charge in [-0.3, -0.25) is 4.79 Å². The fraction of sp³-hybridized carbons (Fsp3) is 0.200. The summed E-state index contributed by atoms with van der Waals surface area (Å²) in [5.74, 6) is -0.361. The minimum absolute atomic E-state index is 0.00361. The van der Waals surface area contributed by atoms with Crippen LogP contribution in [0.4, 0.5) is 0 Å². The number of aromatic nitrogens is 2. The number of rotatable bonds is 2. The third-order valence-corrected chi connectivity index (χ3v) is 1.43. The van der Waals surface area contributed by atoms with E-state index in [1.807, 2.05) is 0 Å². The fourth-order valence-electron chi connectivity index (χ4n) is 0.474. The average Bonchev–Trinajstić information content (AvgIpc) is 2.52. The molecule has 0 saturated carbocycles. The molecule has 0 unspecified atom stereocenters. The highest BCUT2D eigenvalue weighted by Crippen LogP contribution is 1.95. The van der Waals surface area contributed by atoms with E-state index < -0.39 is 0 Å². The number of hydrogen-bond acceptors (Lipinski definition) is 5. The summed E-state index contributed by atoms with van der Waals surface area (Å²) in [6.07, 6.45) is 0. The summed E-state index contributed by atoms with van der Waals surface area (Å²) in [5, 5.41) is 15.5. The van der Waals surface area contributed by atoms with E-state index in [0.29, 0.717) is 0 Å². The molecule has 0 spiro atoms. The van der Waals surface area contributed by atoms with Crippen molar-refractivity contribution in [2.45, 2.75) is 0 Å². The van der Waals surface area contributed by atoms with Gasteiger partial charge in [0.2, 0.25) is 0 Å². The molecular formula is C5H4N4OS. The van der Waals surface area contributed by atoms with Crippen molar-refractivity contribution in [3.8, 4) is 6.07 Å². The predicted molar refractivity (Wildman–Crippen MR) is 37.9 cm³/mol. The largest absolute Gasteiger partial charge is 0.338 e. The molecule has 0 aliphatic carbocycles. The van der Waals surface area contributed by atoms with Crippen LogP contribution in [0.2, 0.25) is 0 Å². The molecule has 0 atom stereocenters. The monoisotopic (exact) mass is 168 g/mol. The zero-order chi connectivity index (χ0) is 8.10. The lowest BCUT2D eigenvalue weighted by Crippen LogP contribution is -2.23. The quantitative estimate of drug-likeness (QED) is 0.620. The maximum atomic E-state index is 10.9. The Labute approximate surface area is 66.8 Å². The molecule has 1 heterocycles. The molecule has 0 bridgehead atoms. The number of carbonyl (C=O) groups is 1. The van der Waals surface area contributed by atoms with Crippen molar-refractivity contribution in [3.05, 3.63) is 11.1 Å². The van der Waals surface area contributed by atoms with Gasteiger partial charge in [0.25, 0.3) is 5.91 Å². The van der Waals surface area contributed by atoms with Crippen molar-refractivity contribution >= 4 is 17.4 Å². The Balaban J connectivity index is 2.51. The molecule has 0 aliphatic heterocycles. The number of hydrogen-bond donors (Lipinski definition) is 1. The van der Waals surface area contributed by atoms with E-state index in [2.05, 4.69) is 14.9 Å². The highest BCUT2D eigenvalue weighted by Gasteiger charge is 2.06. The Kier molecular flexibility index (Phi) is 2.52. The third-order valence-electron chi connectivity index (χ3n) is 0.921. The second-order valence-electron chi connectivity index (χ2n) is 1.63. The van der Waals surface area contributed by atoms with Gasteiger partial charge in [0.05, 0.1) is 6.07 Å². The van der Waals surface area contributed by atoms with E-state index in [-0.39, 0.29) is 18.1 Å². The molecule has 56 valence electrons. The van der Waals surface area contributed by atoms with Crippen LogP contribution < -0.4 is 5.32 Å². The number of nitrogens with zero attached hydrogens (tertiary/aromatic N) is 3. The summed E-state index contributed by atoms with van der Waals surface area (Å²) >= 11 is 1.10. The molecule has 6 heteroatoms. The molecule has 0 radical (unpaired) electrons. The summed E-state index contributed by atoms with van der Waals surface area (Å²) in [5.41, 5.74) is 0.255. The van der Waals surface area contributed by atoms with Gasteiger partial charge in [0.1, 0.15) is 6.54 Å². The van der Waals surface area contributed by atoms with Gasteiger partial charge in [-0.15, -0.1) is 5.10 Å². The van der Waals surface area contributed by atoms with Crippen molar-refractivity contribution in [1.29, 1.82) is 5.26 Å². The van der Waals surface area contributed by atoms with Crippen LogP contribution in [0.1, 0.15) is 10.5 Å². The van der Waals surface area contributed by atoms with E-state index in [1.54, 1.807) is 6.07 Å². The zero-order valence-electron chi connectivity index (χ0n) is 5.44. The first-order valence-electron chi connectivity index (χ1n) is 2.77. The van der Waals surface area contributed by atoms with Crippen molar-refractivity contribution in [1.82, 2.24) is 14.9 Å². The Morgan fingerprint density at radius 2 is 2.73 bits per heavy atom. The van der Waals surface area contributed by atoms with Crippen molar-refractivity contribution < 1.29 is 4.79 Å². The van der Waals surface area contributed by atoms with Crippen LogP contribution in [0, 0.1) is 11.3 Å². The molecule has 1 N–H and O–H groups in total. The number of nitrogens with one attached hydrogen (secondary N) is 1.